The molecule has 0 fully saturated rings. The third-order valence-electron chi connectivity index (χ3n) is 4.19. The molecule has 8 heteroatoms. The molecule has 0 N–H and O–H groups in total. The molecule has 0 aliphatic rings. The van der Waals surface area contributed by atoms with Crippen LogP contribution in [0.2, 0.25) is 5.02 Å². The smallest absolute Gasteiger partial charge is 0.318 e. The molecule has 2 aromatic carbocycles. The first-order valence-electron chi connectivity index (χ1n) is 8.47. The third kappa shape index (κ3) is 3.86. The van der Waals surface area contributed by atoms with Gasteiger partial charge in [-0.3, -0.25) is 14.2 Å². The summed E-state index contributed by atoms with van der Waals surface area (Å²) in [5.41, 5.74) is 1.69. The Bertz CT molecular complexity index is 1110. The summed E-state index contributed by atoms with van der Waals surface area (Å²) in [5.74, 6) is 0.114. The van der Waals surface area contributed by atoms with Crippen LogP contribution in [0.4, 0.5) is 0 Å². The van der Waals surface area contributed by atoms with Gasteiger partial charge in [0, 0.05) is 5.02 Å². The number of esters is 1. The second kappa shape index (κ2) is 8.24. The Hall–Kier alpha value is -2.51. The lowest BCUT2D eigenvalue weighted by Crippen LogP contribution is -2.24. The van der Waals surface area contributed by atoms with Crippen LogP contribution in [0.15, 0.2) is 46.3 Å². The maximum Gasteiger partial charge on any atom is 0.318 e. The van der Waals surface area contributed by atoms with Crippen LogP contribution in [0, 0.1) is 6.92 Å². The largest absolute Gasteiger partial charge is 0.495 e. The number of nitrogens with zero attached hydrogens (tertiary/aromatic N) is 2. The van der Waals surface area contributed by atoms with Crippen LogP contribution in [0.5, 0.6) is 5.75 Å². The number of aromatic nitrogens is 2. The van der Waals surface area contributed by atoms with E-state index in [-0.39, 0.29) is 5.56 Å². The fourth-order valence-corrected chi connectivity index (χ4v) is 3.89. The molecule has 6 nitrogen and oxygen atoms in total. The number of fused-ring (bicyclic) bond motifs is 1. The molecule has 0 saturated carbocycles. The van der Waals surface area contributed by atoms with Gasteiger partial charge in [0.1, 0.15) is 11.0 Å². The summed E-state index contributed by atoms with van der Waals surface area (Å²) in [4.78, 5) is 29.9. The van der Waals surface area contributed by atoms with E-state index in [1.54, 1.807) is 31.2 Å². The normalized spacial score (nSPS) is 12.0. The minimum atomic E-state index is -0.560. The summed E-state index contributed by atoms with van der Waals surface area (Å²) in [6.45, 7) is 3.62. The maximum atomic E-state index is 13.4. The molecular weight excluding hydrogens is 400 g/mol. The Morgan fingerprint density at radius 1 is 1.21 bits per heavy atom. The second-order valence-corrected chi connectivity index (χ2v) is 7.90. The molecule has 3 rings (SSSR count). The number of rotatable bonds is 5. The number of hydrogen-bond acceptors (Lipinski definition) is 6. The highest BCUT2D eigenvalue weighted by molar-refractivity contribution is 8.00. The summed E-state index contributed by atoms with van der Waals surface area (Å²) in [6, 6.07) is 10.4. The number of carbonyl (C=O) groups excluding carboxylic acids is 1. The number of methoxy groups -OCH3 is 2. The van der Waals surface area contributed by atoms with Gasteiger partial charge in [0.25, 0.3) is 5.56 Å². The first-order chi connectivity index (χ1) is 13.3. The average Bonchev–Trinajstić information content (AvgIpc) is 2.67. The molecule has 28 heavy (non-hydrogen) atoms. The van der Waals surface area contributed by atoms with Gasteiger partial charge in [0.2, 0.25) is 0 Å². The molecule has 0 aliphatic carbocycles. The summed E-state index contributed by atoms with van der Waals surface area (Å²) >= 11 is 7.21. The fraction of sp³-hybridized carbons (Fsp3) is 0.250. The van der Waals surface area contributed by atoms with Crippen molar-refractivity contribution >= 4 is 40.2 Å². The molecule has 0 aliphatic heterocycles. The molecule has 1 aromatic heterocycles. The van der Waals surface area contributed by atoms with Crippen LogP contribution in [0.25, 0.3) is 16.6 Å². The number of thioether (sulfide) groups is 1. The third-order valence-corrected chi connectivity index (χ3v) is 5.46. The highest BCUT2D eigenvalue weighted by Crippen LogP contribution is 2.30. The van der Waals surface area contributed by atoms with Crippen molar-refractivity contribution in [2.24, 2.45) is 0 Å². The Morgan fingerprint density at radius 2 is 1.96 bits per heavy atom. The second-order valence-electron chi connectivity index (χ2n) is 6.15. The summed E-state index contributed by atoms with van der Waals surface area (Å²) < 4.78 is 11.7. The Labute approximate surface area is 171 Å². The molecule has 3 aromatic rings. The van der Waals surface area contributed by atoms with Crippen molar-refractivity contribution in [1.82, 2.24) is 9.55 Å². The van der Waals surface area contributed by atoms with Crippen molar-refractivity contribution < 1.29 is 14.3 Å². The van der Waals surface area contributed by atoms with Crippen molar-refractivity contribution in [3.8, 4) is 11.4 Å². The zero-order valence-electron chi connectivity index (χ0n) is 15.9. The van der Waals surface area contributed by atoms with Gasteiger partial charge in [-0.25, -0.2) is 4.98 Å². The maximum absolute atomic E-state index is 13.4. The number of benzene rings is 2. The molecule has 0 saturated heterocycles. The minimum Gasteiger partial charge on any atom is -0.495 e. The summed E-state index contributed by atoms with van der Waals surface area (Å²) in [5, 5.41) is 0.683. The standard InChI is InChI=1S/C20H19ClN2O4S/c1-11-5-8-17(26-3)16(9-11)23-18(24)14-7-6-13(21)10-15(14)22-20(23)28-12(2)19(25)27-4/h5-10,12H,1-4H3/t12-/m1/s1. The predicted octanol–water partition coefficient (Wildman–Crippen LogP) is 4.01. The van der Waals surface area contributed by atoms with Crippen molar-refractivity contribution in [3.63, 3.8) is 0 Å². The SMILES string of the molecule is COC(=O)[C@@H](C)Sc1nc2cc(Cl)ccc2c(=O)n1-c1cc(C)ccc1OC. The van der Waals surface area contributed by atoms with Gasteiger partial charge in [-0.2, -0.15) is 0 Å². The van der Waals surface area contributed by atoms with E-state index in [1.807, 2.05) is 19.1 Å². The van der Waals surface area contributed by atoms with Crippen LogP contribution in [0.3, 0.4) is 0 Å². The quantitative estimate of drug-likeness (QED) is 0.354. The van der Waals surface area contributed by atoms with E-state index in [4.69, 9.17) is 21.1 Å². The van der Waals surface area contributed by atoms with Crippen LogP contribution in [0.1, 0.15) is 12.5 Å². The van der Waals surface area contributed by atoms with E-state index in [9.17, 15) is 9.59 Å². The highest BCUT2D eigenvalue weighted by atomic mass is 35.5. The van der Waals surface area contributed by atoms with E-state index in [0.29, 0.717) is 32.5 Å². The number of halogens is 1. The van der Waals surface area contributed by atoms with E-state index in [2.05, 4.69) is 4.98 Å². The predicted molar refractivity (Wildman–Crippen MR) is 111 cm³/mol. The Balaban J connectivity index is 2.33. The molecule has 0 bridgehead atoms. The van der Waals surface area contributed by atoms with Crippen LogP contribution in [-0.4, -0.2) is 35.0 Å². The first kappa shape index (κ1) is 20.2. The van der Waals surface area contributed by atoms with Crippen LogP contribution < -0.4 is 10.3 Å². The van der Waals surface area contributed by atoms with Gasteiger partial charge in [0.05, 0.1) is 30.8 Å². The molecule has 0 radical (unpaired) electrons. The molecular formula is C20H19ClN2O4S. The monoisotopic (exact) mass is 418 g/mol. The lowest BCUT2D eigenvalue weighted by atomic mass is 10.2. The number of aryl methyl sites for hydroxylation is 1. The number of carbonyl (C=O) groups is 1. The molecule has 0 unspecified atom stereocenters. The average molecular weight is 419 g/mol. The van der Waals surface area contributed by atoms with E-state index in [0.717, 1.165) is 17.3 Å². The number of ether oxygens (including phenoxy) is 2. The first-order valence-corrected chi connectivity index (χ1v) is 9.73. The lowest BCUT2D eigenvalue weighted by Gasteiger charge is -2.18. The Kier molecular flexibility index (Phi) is 5.96. The van der Waals surface area contributed by atoms with Gasteiger partial charge in [0.15, 0.2) is 5.16 Å². The molecule has 0 spiro atoms. The van der Waals surface area contributed by atoms with Gasteiger partial charge in [-0.15, -0.1) is 0 Å². The Morgan fingerprint density at radius 3 is 2.64 bits per heavy atom. The van der Waals surface area contributed by atoms with Gasteiger partial charge in [-0.1, -0.05) is 29.4 Å². The molecule has 0 amide bonds. The van der Waals surface area contributed by atoms with Crippen LogP contribution in [-0.2, 0) is 9.53 Å². The van der Waals surface area contributed by atoms with Crippen LogP contribution >= 0.6 is 23.4 Å². The van der Waals surface area contributed by atoms with Crippen molar-refractivity contribution in [2.45, 2.75) is 24.3 Å². The van der Waals surface area contributed by atoms with Crippen molar-refractivity contribution in [1.29, 1.82) is 0 Å². The van der Waals surface area contributed by atoms with Gasteiger partial charge in [-0.05, 0) is 49.7 Å². The van der Waals surface area contributed by atoms with Gasteiger partial charge < -0.3 is 9.47 Å². The minimum absolute atomic E-state index is 0.273. The zero-order valence-corrected chi connectivity index (χ0v) is 17.4. The fourth-order valence-electron chi connectivity index (χ4n) is 2.78. The zero-order chi connectivity index (χ0) is 20.4. The van der Waals surface area contributed by atoms with E-state index >= 15 is 0 Å². The van der Waals surface area contributed by atoms with Gasteiger partial charge >= 0.3 is 5.97 Å². The highest BCUT2D eigenvalue weighted by Gasteiger charge is 2.22. The van der Waals surface area contributed by atoms with Crippen molar-refractivity contribution in [3.05, 3.63) is 57.3 Å². The molecule has 1 heterocycles. The van der Waals surface area contributed by atoms with E-state index < -0.39 is 11.2 Å². The summed E-state index contributed by atoms with van der Waals surface area (Å²) in [7, 11) is 2.86. The molecule has 146 valence electrons. The molecule has 1 atom stereocenters. The van der Waals surface area contributed by atoms with E-state index in [1.165, 1.54) is 18.8 Å². The lowest BCUT2D eigenvalue weighted by molar-refractivity contribution is -0.139. The topological polar surface area (TPSA) is 70.4 Å². The summed E-state index contributed by atoms with van der Waals surface area (Å²) in [6.07, 6.45) is 0. The van der Waals surface area contributed by atoms with Crippen molar-refractivity contribution in [2.75, 3.05) is 14.2 Å². The number of hydrogen-bond donors (Lipinski definition) is 0.